The second-order valence-electron chi connectivity index (χ2n) is 6.23. The maximum absolute atomic E-state index is 5.79. The number of ether oxygens (including phenoxy) is 1. The molecule has 1 heterocycles. The average molecular weight is 256 g/mol. The molecule has 0 radical (unpaired) electrons. The number of hydrogen-bond acceptors (Lipinski definition) is 3. The second-order valence-corrected chi connectivity index (χ2v) is 6.23. The fourth-order valence-electron chi connectivity index (χ4n) is 3.23. The van der Waals surface area contributed by atoms with Crippen molar-refractivity contribution in [1.82, 2.24) is 10.2 Å². The van der Waals surface area contributed by atoms with Gasteiger partial charge in [0.1, 0.15) is 0 Å². The average Bonchev–Trinajstić information content (AvgIpc) is 2.29. The summed E-state index contributed by atoms with van der Waals surface area (Å²) >= 11 is 0. The first-order chi connectivity index (χ1) is 8.54. The molecule has 1 fully saturated rings. The number of hydrogen-bond donors (Lipinski definition) is 1. The Morgan fingerprint density at radius 3 is 2.67 bits per heavy atom. The standard InChI is InChI=1S/C15H32N2O/c1-6-8-15(4,11-16-5)12-17-9-13(3)18-10-14(17)7-2/h13-14,16H,6-12H2,1-5H3. The van der Waals surface area contributed by atoms with Gasteiger partial charge < -0.3 is 10.1 Å². The Kier molecular flexibility index (Phi) is 6.61. The van der Waals surface area contributed by atoms with Crippen LogP contribution >= 0.6 is 0 Å². The molecular formula is C15H32N2O. The topological polar surface area (TPSA) is 24.5 Å². The van der Waals surface area contributed by atoms with E-state index in [0.29, 0.717) is 17.6 Å². The van der Waals surface area contributed by atoms with Crippen molar-refractivity contribution in [2.24, 2.45) is 5.41 Å². The molecule has 0 aromatic carbocycles. The van der Waals surface area contributed by atoms with Gasteiger partial charge in [0.2, 0.25) is 0 Å². The summed E-state index contributed by atoms with van der Waals surface area (Å²) in [5, 5.41) is 3.37. The molecular weight excluding hydrogens is 224 g/mol. The minimum absolute atomic E-state index is 0.383. The van der Waals surface area contributed by atoms with Crippen LogP contribution in [0, 0.1) is 5.41 Å². The third-order valence-corrected chi connectivity index (χ3v) is 4.09. The summed E-state index contributed by atoms with van der Waals surface area (Å²) in [5.41, 5.74) is 0.383. The highest BCUT2D eigenvalue weighted by Crippen LogP contribution is 2.27. The maximum atomic E-state index is 5.79. The molecule has 0 aromatic heterocycles. The smallest absolute Gasteiger partial charge is 0.0674 e. The van der Waals surface area contributed by atoms with E-state index in [9.17, 15) is 0 Å². The van der Waals surface area contributed by atoms with Crippen molar-refractivity contribution in [3.63, 3.8) is 0 Å². The Bertz CT molecular complexity index is 227. The van der Waals surface area contributed by atoms with Crippen molar-refractivity contribution in [2.75, 3.05) is 33.3 Å². The van der Waals surface area contributed by atoms with Gasteiger partial charge in [-0.2, -0.15) is 0 Å². The lowest BCUT2D eigenvalue weighted by Crippen LogP contribution is -2.53. The van der Waals surface area contributed by atoms with E-state index in [0.717, 1.165) is 19.7 Å². The second kappa shape index (κ2) is 7.46. The van der Waals surface area contributed by atoms with Crippen LogP contribution in [-0.4, -0.2) is 50.3 Å². The van der Waals surface area contributed by atoms with Gasteiger partial charge in [0.25, 0.3) is 0 Å². The van der Waals surface area contributed by atoms with Crippen LogP contribution in [0.1, 0.15) is 47.0 Å². The Morgan fingerprint density at radius 2 is 2.11 bits per heavy atom. The molecule has 1 aliphatic rings. The zero-order valence-electron chi connectivity index (χ0n) is 13.0. The lowest BCUT2D eigenvalue weighted by Gasteiger charge is -2.43. The van der Waals surface area contributed by atoms with Crippen LogP contribution in [-0.2, 0) is 4.74 Å². The van der Waals surface area contributed by atoms with Crippen LogP contribution in [0.15, 0.2) is 0 Å². The molecule has 1 aliphatic heterocycles. The third-order valence-electron chi connectivity index (χ3n) is 4.09. The van der Waals surface area contributed by atoms with E-state index in [2.05, 4.69) is 45.0 Å². The molecule has 1 saturated heterocycles. The molecule has 0 aliphatic carbocycles. The van der Waals surface area contributed by atoms with Gasteiger partial charge in [-0.1, -0.05) is 27.2 Å². The summed E-state index contributed by atoms with van der Waals surface area (Å²) in [4.78, 5) is 2.65. The molecule has 3 unspecified atom stereocenters. The van der Waals surface area contributed by atoms with Crippen molar-refractivity contribution >= 4 is 0 Å². The first kappa shape index (κ1) is 15.9. The maximum Gasteiger partial charge on any atom is 0.0674 e. The van der Waals surface area contributed by atoms with Crippen molar-refractivity contribution < 1.29 is 4.74 Å². The minimum atomic E-state index is 0.383. The van der Waals surface area contributed by atoms with E-state index in [4.69, 9.17) is 4.74 Å². The van der Waals surface area contributed by atoms with Gasteiger partial charge in [-0.3, -0.25) is 4.90 Å². The monoisotopic (exact) mass is 256 g/mol. The molecule has 0 bridgehead atoms. The Morgan fingerprint density at radius 1 is 1.39 bits per heavy atom. The molecule has 108 valence electrons. The lowest BCUT2D eigenvalue weighted by atomic mass is 9.84. The number of rotatable bonds is 7. The van der Waals surface area contributed by atoms with Crippen molar-refractivity contribution in [2.45, 2.75) is 59.1 Å². The summed E-state index contributed by atoms with van der Waals surface area (Å²) in [6, 6.07) is 0.606. The fraction of sp³-hybridized carbons (Fsp3) is 1.00. The van der Waals surface area contributed by atoms with Gasteiger partial charge in [0.05, 0.1) is 12.7 Å². The van der Waals surface area contributed by atoms with E-state index >= 15 is 0 Å². The zero-order valence-corrected chi connectivity index (χ0v) is 13.0. The van der Waals surface area contributed by atoms with Gasteiger partial charge in [0, 0.05) is 25.7 Å². The normalized spacial score (nSPS) is 29.2. The predicted octanol–water partition coefficient (Wildman–Crippen LogP) is 2.51. The third kappa shape index (κ3) is 4.52. The SMILES string of the molecule is CCCC(C)(CNC)CN1CC(C)OCC1CC. The fourth-order valence-corrected chi connectivity index (χ4v) is 3.23. The van der Waals surface area contributed by atoms with Gasteiger partial charge in [0.15, 0.2) is 0 Å². The molecule has 1 rings (SSSR count). The number of morpholine rings is 1. The molecule has 3 atom stereocenters. The van der Waals surface area contributed by atoms with Gasteiger partial charge in [-0.05, 0) is 32.2 Å². The van der Waals surface area contributed by atoms with Crippen molar-refractivity contribution in [3.05, 3.63) is 0 Å². The Balaban J connectivity index is 2.64. The van der Waals surface area contributed by atoms with Gasteiger partial charge in [-0.15, -0.1) is 0 Å². The summed E-state index contributed by atoms with van der Waals surface area (Å²) in [6.45, 7) is 13.4. The summed E-state index contributed by atoms with van der Waals surface area (Å²) < 4.78 is 5.79. The summed E-state index contributed by atoms with van der Waals surface area (Å²) in [6.07, 6.45) is 4.12. The van der Waals surface area contributed by atoms with E-state index in [1.807, 2.05) is 0 Å². The predicted molar refractivity (Wildman–Crippen MR) is 78.0 cm³/mol. The summed E-state index contributed by atoms with van der Waals surface area (Å²) in [5.74, 6) is 0. The van der Waals surface area contributed by atoms with Crippen LogP contribution in [0.5, 0.6) is 0 Å². The Labute approximate surface area is 113 Å². The molecule has 0 amide bonds. The number of nitrogens with zero attached hydrogens (tertiary/aromatic N) is 1. The van der Waals surface area contributed by atoms with Crippen molar-refractivity contribution in [3.8, 4) is 0 Å². The summed E-state index contributed by atoms with van der Waals surface area (Å²) in [7, 11) is 2.06. The van der Waals surface area contributed by atoms with Crippen LogP contribution in [0.25, 0.3) is 0 Å². The van der Waals surface area contributed by atoms with Crippen molar-refractivity contribution in [1.29, 1.82) is 0 Å². The van der Waals surface area contributed by atoms with Gasteiger partial charge in [-0.25, -0.2) is 0 Å². The molecule has 0 saturated carbocycles. The highest BCUT2D eigenvalue weighted by atomic mass is 16.5. The van der Waals surface area contributed by atoms with E-state index in [1.165, 1.54) is 25.8 Å². The van der Waals surface area contributed by atoms with E-state index in [1.54, 1.807) is 0 Å². The molecule has 1 N–H and O–H groups in total. The molecule has 3 nitrogen and oxygen atoms in total. The van der Waals surface area contributed by atoms with Crippen LogP contribution in [0.4, 0.5) is 0 Å². The van der Waals surface area contributed by atoms with E-state index in [-0.39, 0.29) is 0 Å². The lowest BCUT2D eigenvalue weighted by molar-refractivity contribution is -0.0684. The van der Waals surface area contributed by atoms with Crippen LogP contribution < -0.4 is 5.32 Å². The van der Waals surface area contributed by atoms with E-state index < -0.39 is 0 Å². The van der Waals surface area contributed by atoms with Crippen LogP contribution in [0.3, 0.4) is 0 Å². The highest BCUT2D eigenvalue weighted by Gasteiger charge is 2.32. The first-order valence-corrected chi connectivity index (χ1v) is 7.55. The van der Waals surface area contributed by atoms with Gasteiger partial charge >= 0.3 is 0 Å². The quantitative estimate of drug-likeness (QED) is 0.757. The molecule has 0 aromatic rings. The highest BCUT2D eigenvalue weighted by molar-refractivity contribution is 4.86. The number of nitrogens with one attached hydrogen (secondary N) is 1. The zero-order chi connectivity index (χ0) is 13.6. The molecule has 0 spiro atoms. The first-order valence-electron chi connectivity index (χ1n) is 7.55. The molecule has 3 heteroatoms. The Hall–Kier alpha value is -0.120. The molecule has 18 heavy (non-hydrogen) atoms. The largest absolute Gasteiger partial charge is 0.376 e. The van der Waals surface area contributed by atoms with Crippen LogP contribution in [0.2, 0.25) is 0 Å². The minimum Gasteiger partial charge on any atom is -0.376 e.